The van der Waals surface area contributed by atoms with Gasteiger partial charge in [-0.1, -0.05) is 74.2 Å². The Kier molecular flexibility index (Phi) is 18.9. The summed E-state index contributed by atoms with van der Waals surface area (Å²) in [6.45, 7) is 11.2. The SMILES string of the molecule is CCCc1cc2c(-c3ccc(OC)cc3)cccc2[cH-]1.CCCc1cc2c(-c3ccc(OC)cc3)cccc2[cH-]1.Cl.Cl.[CH2-]C[CH2-].[Hf+4]. The Balaban J connectivity index is 0.000000400. The second-order valence-corrected chi connectivity index (χ2v) is 10.7. The van der Waals surface area contributed by atoms with Crippen LogP contribution in [0.25, 0.3) is 43.8 Å². The fourth-order valence-electron chi connectivity index (χ4n) is 5.50. The van der Waals surface area contributed by atoms with E-state index in [4.69, 9.17) is 9.47 Å². The van der Waals surface area contributed by atoms with Crippen LogP contribution < -0.4 is 9.47 Å². The van der Waals surface area contributed by atoms with Crippen molar-refractivity contribution >= 4 is 46.4 Å². The second kappa shape index (κ2) is 21.1. The molecule has 0 saturated heterocycles. The maximum atomic E-state index is 5.23. The maximum Gasteiger partial charge on any atom is 4.00 e. The molecular formula is C41H46Cl2HfO2. The van der Waals surface area contributed by atoms with Gasteiger partial charge in [0.15, 0.2) is 0 Å². The molecule has 6 rings (SSSR count). The number of benzene rings is 4. The maximum absolute atomic E-state index is 5.23. The van der Waals surface area contributed by atoms with Gasteiger partial charge >= 0.3 is 25.8 Å². The van der Waals surface area contributed by atoms with Gasteiger partial charge < -0.3 is 29.7 Å². The van der Waals surface area contributed by atoms with Crippen molar-refractivity contribution < 1.29 is 35.3 Å². The number of methoxy groups -OCH3 is 2. The molecule has 0 aromatic heterocycles. The predicted molar refractivity (Wildman–Crippen MR) is 201 cm³/mol. The smallest absolute Gasteiger partial charge is 0.497 e. The minimum absolute atomic E-state index is 0. The van der Waals surface area contributed by atoms with Crippen molar-refractivity contribution in [1.82, 2.24) is 0 Å². The molecule has 5 heteroatoms. The first-order chi connectivity index (χ1) is 21.0. The molecule has 0 N–H and O–H groups in total. The van der Waals surface area contributed by atoms with E-state index in [2.05, 4.69) is 113 Å². The fourth-order valence-corrected chi connectivity index (χ4v) is 5.50. The van der Waals surface area contributed by atoms with Crippen LogP contribution >= 0.6 is 24.8 Å². The van der Waals surface area contributed by atoms with Crippen molar-refractivity contribution in [1.29, 1.82) is 0 Å². The van der Waals surface area contributed by atoms with E-state index in [1.165, 1.54) is 67.8 Å². The molecule has 6 aromatic rings. The van der Waals surface area contributed by atoms with E-state index >= 15 is 0 Å². The van der Waals surface area contributed by atoms with Crippen molar-refractivity contribution in [2.24, 2.45) is 0 Å². The summed E-state index contributed by atoms with van der Waals surface area (Å²) in [6.07, 6.45) is 5.43. The Bertz CT molecular complexity index is 1570. The zero-order chi connectivity index (χ0) is 30.6. The van der Waals surface area contributed by atoms with Crippen LogP contribution in [-0.2, 0) is 38.7 Å². The number of rotatable bonds is 8. The van der Waals surface area contributed by atoms with Gasteiger partial charge in [0.2, 0.25) is 0 Å². The van der Waals surface area contributed by atoms with Crippen LogP contribution in [0.5, 0.6) is 11.5 Å². The van der Waals surface area contributed by atoms with Gasteiger partial charge in [0, 0.05) is 0 Å². The zero-order valence-corrected chi connectivity index (χ0v) is 32.7. The van der Waals surface area contributed by atoms with Crippen LogP contribution in [0.2, 0.25) is 0 Å². The third-order valence-electron chi connectivity index (χ3n) is 7.50. The summed E-state index contributed by atoms with van der Waals surface area (Å²) in [4.78, 5) is 0. The van der Waals surface area contributed by atoms with Crippen LogP contribution in [0, 0.1) is 13.8 Å². The number of halogens is 2. The molecule has 0 amide bonds. The van der Waals surface area contributed by atoms with Gasteiger partial charge in [0.05, 0.1) is 14.2 Å². The number of hydrogen-bond donors (Lipinski definition) is 0. The molecule has 0 spiro atoms. The van der Waals surface area contributed by atoms with Gasteiger partial charge in [0.1, 0.15) is 11.5 Å². The van der Waals surface area contributed by atoms with Gasteiger partial charge in [-0.2, -0.15) is 12.1 Å². The second-order valence-electron chi connectivity index (χ2n) is 10.7. The summed E-state index contributed by atoms with van der Waals surface area (Å²) < 4.78 is 10.5. The van der Waals surface area contributed by atoms with Crippen LogP contribution in [-0.4, -0.2) is 14.2 Å². The Morgan fingerprint density at radius 1 is 0.565 bits per heavy atom. The van der Waals surface area contributed by atoms with Gasteiger partial charge in [-0.15, -0.1) is 93.9 Å². The van der Waals surface area contributed by atoms with Gasteiger partial charge in [-0.05, 0) is 48.2 Å². The van der Waals surface area contributed by atoms with Crippen molar-refractivity contribution in [2.45, 2.75) is 46.0 Å². The third kappa shape index (κ3) is 10.6. The summed E-state index contributed by atoms with van der Waals surface area (Å²) >= 11 is 0. The van der Waals surface area contributed by atoms with E-state index in [1.54, 1.807) is 14.2 Å². The number of aryl methyl sites for hydroxylation is 2. The van der Waals surface area contributed by atoms with Crippen molar-refractivity contribution in [2.75, 3.05) is 14.2 Å². The summed E-state index contributed by atoms with van der Waals surface area (Å²) in [5.74, 6) is 1.80. The van der Waals surface area contributed by atoms with Crippen LogP contribution in [0.1, 0.15) is 44.2 Å². The molecule has 0 aliphatic heterocycles. The quantitative estimate of drug-likeness (QED) is 0.112. The molecule has 2 nitrogen and oxygen atoms in total. The number of hydrogen-bond acceptors (Lipinski definition) is 2. The predicted octanol–water partition coefficient (Wildman–Crippen LogP) is 12.3. The molecular weight excluding hydrogens is 774 g/mol. The Labute approximate surface area is 307 Å². The van der Waals surface area contributed by atoms with Crippen molar-refractivity contribution in [3.05, 3.63) is 134 Å². The van der Waals surface area contributed by atoms with Gasteiger partial charge in [0.25, 0.3) is 0 Å². The molecule has 0 fully saturated rings. The van der Waals surface area contributed by atoms with Gasteiger partial charge in [-0.25, -0.2) is 0 Å². The molecule has 0 heterocycles. The molecule has 46 heavy (non-hydrogen) atoms. The van der Waals surface area contributed by atoms with Crippen molar-refractivity contribution in [3.8, 4) is 33.8 Å². The molecule has 240 valence electrons. The molecule has 0 saturated carbocycles. The van der Waals surface area contributed by atoms with E-state index < -0.39 is 0 Å². The Morgan fingerprint density at radius 2 is 0.913 bits per heavy atom. The monoisotopic (exact) mass is 820 g/mol. The molecule has 0 atom stereocenters. The van der Waals surface area contributed by atoms with E-state index in [1.807, 2.05) is 24.3 Å². The topological polar surface area (TPSA) is 18.5 Å². The Hall–Kier alpha value is -2.85. The summed E-state index contributed by atoms with van der Waals surface area (Å²) in [7, 11) is 3.40. The summed E-state index contributed by atoms with van der Waals surface area (Å²) in [6, 6.07) is 38.9. The largest absolute Gasteiger partial charge is 4.00 e. The minimum atomic E-state index is 0. The number of ether oxygens (including phenoxy) is 2. The van der Waals surface area contributed by atoms with Gasteiger partial charge in [-0.3, -0.25) is 0 Å². The van der Waals surface area contributed by atoms with E-state index in [9.17, 15) is 0 Å². The molecule has 0 unspecified atom stereocenters. The van der Waals surface area contributed by atoms with Crippen LogP contribution in [0.3, 0.4) is 0 Å². The minimum Gasteiger partial charge on any atom is -0.497 e. The Morgan fingerprint density at radius 3 is 1.22 bits per heavy atom. The van der Waals surface area contributed by atoms with E-state index in [-0.39, 0.29) is 50.7 Å². The zero-order valence-electron chi connectivity index (χ0n) is 27.5. The van der Waals surface area contributed by atoms with Crippen molar-refractivity contribution in [3.63, 3.8) is 0 Å². The van der Waals surface area contributed by atoms with E-state index in [0.29, 0.717) is 0 Å². The molecule has 0 aliphatic rings. The summed E-state index contributed by atoms with van der Waals surface area (Å²) in [5.41, 5.74) is 7.95. The summed E-state index contributed by atoms with van der Waals surface area (Å²) in [5, 5.41) is 5.37. The standard InChI is InChI=1S/2C19H19O.C3H6.2ClH.Hf/c2*1-3-5-14-12-16-6-4-7-18(19(16)13-14)15-8-10-17(20-2)11-9-15;1-3-2;;;/h2*4,6-13H,3,5H2,1-2H3;1-3H2;2*1H;/q2*-1;-2;;;+4. The molecule has 0 bridgehead atoms. The normalized spacial score (nSPS) is 9.87. The number of fused-ring (bicyclic) bond motifs is 2. The first-order valence-electron chi connectivity index (χ1n) is 15.3. The third-order valence-corrected chi connectivity index (χ3v) is 7.50. The fraction of sp³-hybridized carbons (Fsp3) is 0.220. The average Bonchev–Trinajstić information content (AvgIpc) is 3.65. The van der Waals surface area contributed by atoms with E-state index in [0.717, 1.165) is 30.8 Å². The molecule has 0 aliphatic carbocycles. The van der Waals surface area contributed by atoms with Crippen LogP contribution in [0.15, 0.2) is 109 Å². The first kappa shape index (κ1) is 41.2. The first-order valence-corrected chi connectivity index (χ1v) is 15.3. The average molecular weight is 820 g/mol. The van der Waals surface area contributed by atoms with Crippen LogP contribution in [0.4, 0.5) is 0 Å². The molecule has 6 aromatic carbocycles. The molecule has 0 radical (unpaired) electrons.